The van der Waals surface area contributed by atoms with Crippen LogP contribution in [0.3, 0.4) is 0 Å². The molecule has 0 aromatic heterocycles. The third-order valence-electron chi connectivity index (χ3n) is 5.77. The fraction of sp³-hybridized carbons (Fsp3) is 0.552. The summed E-state index contributed by atoms with van der Waals surface area (Å²) in [5, 5.41) is 0. The minimum absolute atomic E-state index is 0.0185. The van der Waals surface area contributed by atoms with Crippen molar-refractivity contribution in [3.05, 3.63) is 64.2 Å². The van der Waals surface area contributed by atoms with E-state index in [0.29, 0.717) is 11.3 Å². The molecule has 0 saturated carbocycles. The van der Waals surface area contributed by atoms with Crippen LogP contribution in [0.15, 0.2) is 36.4 Å². The van der Waals surface area contributed by atoms with E-state index < -0.39 is 0 Å². The van der Waals surface area contributed by atoms with E-state index in [2.05, 4.69) is 107 Å². The van der Waals surface area contributed by atoms with E-state index >= 15 is 0 Å². The van der Waals surface area contributed by atoms with E-state index in [9.17, 15) is 4.79 Å². The van der Waals surface area contributed by atoms with Gasteiger partial charge in [-0.25, -0.2) is 4.79 Å². The maximum Gasteiger partial charge on any atom is 0.343 e. The molecule has 0 radical (unpaired) electrons. The molecule has 0 heterocycles. The van der Waals surface area contributed by atoms with Crippen molar-refractivity contribution in [3.63, 3.8) is 0 Å². The topological polar surface area (TPSA) is 26.3 Å². The van der Waals surface area contributed by atoms with Crippen LogP contribution in [0.25, 0.3) is 0 Å². The Morgan fingerprint density at radius 3 is 1.42 bits per heavy atom. The molecular weight excluding hydrogens is 380 g/mol. The van der Waals surface area contributed by atoms with Crippen molar-refractivity contribution in [2.24, 2.45) is 0 Å². The molecule has 2 rings (SSSR count). The second-order valence-corrected chi connectivity index (χ2v) is 12.9. The average molecular weight is 423 g/mol. The number of rotatable bonds is 2. The summed E-state index contributed by atoms with van der Waals surface area (Å²) in [5.41, 5.74) is 4.92. The smallest absolute Gasteiger partial charge is 0.343 e. The minimum atomic E-state index is -0.292. The fourth-order valence-electron chi connectivity index (χ4n) is 3.64. The van der Waals surface area contributed by atoms with E-state index in [0.717, 1.165) is 11.1 Å². The van der Waals surface area contributed by atoms with Crippen LogP contribution in [-0.2, 0) is 21.7 Å². The molecule has 0 bridgehead atoms. The Bertz CT molecular complexity index is 952. The molecule has 31 heavy (non-hydrogen) atoms. The molecule has 0 amide bonds. The lowest BCUT2D eigenvalue weighted by Gasteiger charge is -2.28. The number of hydrogen-bond donors (Lipinski definition) is 0. The molecule has 2 aromatic carbocycles. The Kier molecular flexibility index (Phi) is 6.59. The lowest BCUT2D eigenvalue weighted by Crippen LogP contribution is -2.23. The predicted molar refractivity (Wildman–Crippen MR) is 133 cm³/mol. The number of carbonyl (C=O) groups is 1. The number of esters is 1. The minimum Gasteiger partial charge on any atom is -0.423 e. The summed E-state index contributed by atoms with van der Waals surface area (Å²) < 4.78 is 6.05. The normalized spacial score (nSPS) is 13.3. The SMILES string of the molecule is CC(C)(C)c1ccc(OC(=O)c2ccc(C(C)(C)C)cc2C(C)(C)C)c(C(C)(C)C)c1. The van der Waals surface area contributed by atoms with Crippen LogP contribution in [0.4, 0.5) is 0 Å². The Labute approximate surface area is 190 Å². The van der Waals surface area contributed by atoms with Gasteiger partial charge in [-0.05, 0) is 50.5 Å². The Hall–Kier alpha value is -2.09. The molecule has 0 aliphatic heterocycles. The van der Waals surface area contributed by atoms with Gasteiger partial charge in [0.25, 0.3) is 0 Å². The van der Waals surface area contributed by atoms with E-state index in [1.54, 1.807) is 0 Å². The van der Waals surface area contributed by atoms with Gasteiger partial charge in [-0.3, -0.25) is 0 Å². The molecule has 2 nitrogen and oxygen atoms in total. The van der Waals surface area contributed by atoms with Crippen molar-refractivity contribution in [1.29, 1.82) is 0 Å². The monoisotopic (exact) mass is 422 g/mol. The van der Waals surface area contributed by atoms with E-state index in [1.165, 1.54) is 11.1 Å². The molecule has 0 fully saturated rings. The van der Waals surface area contributed by atoms with Crippen LogP contribution in [-0.4, -0.2) is 5.97 Å². The van der Waals surface area contributed by atoms with Gasteiger partial charge in [0.15, 0.2) is 0 Å². The van der Waals surface area contributed by atoms with Gasteiger partial charge in [-0.2, -0.15) is 0 Å². The number of benzene rings is 2. The molecule has 2 aromatic rings. The zero-order valence-electron chi connectivity index (χ0n) is 21.8. The Balaban J connectivity index is 2.55. The van der Waals surface area contributed by atoms with Crippen LogP contribution in [0.5, 0.6) is 5.75 Å². The molecule has 0 spiro atoms. The first-order chi connectivity index (χ1) is 13.8. The van der Waals surface area contributed by atoms with Crippen molar-refractivity contribution in [1.82, 2.24) is 0 Å². The highest BCUT2D eigenvalue weighted by Crippen LogP contribution is 2.37. The number of carbonyl (C=O) groups excluding carboxylic acids is 1. The van der Waals surface area contributed by atoms with Gasteiger partial charge >= 0.3 is 5.97 Å². The van der Waals surface area contributed by atoms with Gasteiger partial charge in [-0.1, -0.05) is 107 Å². The maximum absolute atomic E-state index is 13.4. The van der Waals surface area contributed by atoms with Crippen LogP contribution < -0.4 is 4.74 Å². The third kappa shape index (κ3) is 5.99. The summed E-state index contributed by atoms with van der Waals surface area (Å²) in [4.78, 5) is 13.4. The van der Waals surface area contributed by atoms with Crippen LogP contribution >= 0.6 is 0 Å². The molecule has 0 aliphatic rings. The second kappa shape index (κ2) is 8.11. The molecule has 170 valence electrons. The largest absolute Gasteiger partial charge is 0.423 e. The quantitative estimate of drug-likeness (QED) is 0.361. The van der Waals surface area contributed by atoms with E-state index in [1.807, 2.05) is 12.1 Å². The van der Waals surface area contributed by atoms with Gasteiger partial charge in [0, 0.05) is 5.56 Å². The maximum atomic E-state index is 13.4. The van der Waals surface area contributed by atoms with Gasteiger partial charge in [-0.15, -0.1) is 0 Å². The highest BCUT2D eigenvalue weighted by molar-refractivity contribution is 5.93. The van der Waals surface area contributed by atoms with Crippen molar-refractivity contribution >= 4 is 5.97 Å². The molecule has 0 saturated heterocycles. The van der Waals surface area contributed by atoms with E-state index in [-0.39, 0.29) is 27.6 Å². The highest BCUT2D eigenvalue weighted by Gasteiger charge is 2.28. The van der Waals surface area contributed by atoms with Crippen LogP contribution in [0.1, 0.15) is 116 Å². The summed E-state index contributed by atoms with van der Waals surface area (Å²) in [6.45, 7) is 26.1. The standard InChI is InChI=1S/C29H42O2/c1-26(2,3)19-13-15-21(22(17-19)28(7,8)9)25(30)31-24-16-14-20(27(4,5)6)18-23(24)29(10,11)12/h13-18H,1-12H3. The van der Waals surface area contributed by atoms with E-state index in [4.69, 9.17) is 4.74 Å². The van der Waals surface area contributed by atoms with Gasteiger partial charge in [0.05, 0.1) is 5.56 Å². The molecule has 2 heteroatoms. The molecule has 0 unspecified atom stereocenters. The van der Waals surface area contributed by atoms with Gasteiger partial charge in [0.1, 0.15) is 5.75 Å². The molecular formula is C29H42O2. The lowest BCUT2D eigenvalue weighted by atomic mass is 9.78. The Morgan fingerprint density at radius 1 is 0.581 bits per heavy atom. The fourth-order valence-corrected chi connectivity index (χ4v) is 3.64. The first-order valence-electron chi connectivity index (χ1n) is 11.3. The first kappa shape index (κ1) is 25.2. The van der Waals surface area contributed by atoms with Crippen molar-refractivity contribution in [2.75, 3.05) is 0 Å². The Morgan fingerprint density at radius 2 is 1.00 bits per heavy atom. The third-order valence-corrected chi connectivity index (χ3v) is 5.77. The zero-order valence-corrected chi connectivity index (χ0v) is 21.8. The van der Waals surface area contributed by atoms with Crippen molar-refractivity contribution in [2.45, 2.75) is 105 Å². The van der Waals surface area contributed by atoms with Crippen LogP contribution in [0, 0.1) is 0 Å². The molecule has 0 N–H and O–H groups in total. The predicted octanol–water partition coefficient (Wildman–Crippen LogP) is 8.10. The van der Waals surface area contributed by atoms with Crippen molar-refractivity contribution in [3.8, 4) is 5.75 Å². The summed E-state index contributed by atoms with van der Waals surface area (Å²) in [5.74, 6) is 0.352. The summed E-state index contributed by atoms with van der Waals surface area (Å²) >= 11 is 0. The van der Waals surface area contributed by atoms with Crippen molar-refractivity contribution < 1.29 is 9.53 Å². The molecule has 0 atom stereocenters. The second-order valence-electron chi connectivity index (χ2n) is 12.9. The number of hydrogen-bond acceptors (Lipinski definition) is 2. The highest BCUT2D eigenvalue weighted by atomic mass is 16.5. The zero-order chi connectivity index (χ0) is 24.0. The van der Waals surface area contributed by atoms with Gasteiger partial charge < -0.3 is 4.74 Å². The van der Waals surface area contributed by atoms with Crippen LogP contribution in [0.2, 0.25) is 0 Å². The summed E-state index contributed by atoms with van der Waals surface area (Å²) in [6.07, 6.45) is 0. The summed E-state index contributed by atoms with van der Waals surface area (Å²) in [7, 11) is 0. The van der Waals surface area contributed by atoms with Gasteiger partial charge in [0.2, 0.25) is 0 Å². The average Bonchev–Trinajstić information content (AvgIpc) is 2.58. The summed E-state index contributed by atoms with van der Waals surface area (Å²) in [6, 6.07) is 12.4. The lowest BCUT2D eigenvalue weighted by molar-refractivity contribution is 0.0729. The number of ether oxygens (including phenoxy) is 1. The molecule has 0 aliphatic carbocycles. The first-order valence-corrected chi connectivity index (χ1v) is 11.3.